The maximum absolute atomic E-state index is 12.6. The van der Waals surface area contributed by atoms with Gasteiger partial charge in [0.1, 0.15) is 0 Å². The van der Waals surface area contributed by atoms with Crippen molar-refractivity contribution in [1.29, 1.82) is 0 Å². The highest BCUT2D eigenvalue weighted by Crippen LogP contribution is 2.30. The van der Waals surface area contributed by atoms with Gasteiger partial charge in [-0.3, -0.25) is 4.79 Å². The molecule has 0 radical (unpaired) electrons. The molecule has 1 fully saturated rings. The van der Waals surface area contributed by atoms with E-state index >= 15 is 0 Å². The fourth-order valence-corrected chi connectivity index (χ4v) is 3.19. The predicted molar refractivity (Wildman–Crippen MR) is 109 cm³/mol. The van der Waals surface area contributed by atoms with Crippen LogP contribution in [0.15, 0.2) is 42.5 Å². The Labute approximate surface area is 164 Å². The van der Waals surface area contributed by atoms with E-state index in [9.17, 15) is 9.59 Å². The third-order valence-electron chi connectivity index (χ3n) is 4.84. The molecular formula is C21H25N3O4. The first kappa shape index (κ1) is 19.5. The minimum atomic E-state index is -0.140. The van der Waals surface area contributed by atoms with E-state index < -0.39 is 0 Å². The van der Waals surface area contributed by atoms with E-state index in [4.69, 9.17) is 9.47 Å². The third kappa shape index (κ3) is 4.36. The standard InChI is InChI=1S/C21H25N3O4/c1-15(25)16-4-7-18(8-5-16)23-10-12-24(13-11-23)21(26)22-17-6-9-19(27-2)20(14-17)28-3/h4-9,14H,10-13H2,1-3H3,(H,22,26). The Bertz CT molecular complexity index is 843. The number of benzene rings is 2. The van der Waals surface area contributed by atoms with Crippen molar-refractivity contribution in [2.45, 2.75) is 6.92 Å². The topological polar surface area (TPSA) is 71.1 Å². The Morgan fingerprint density at radius 2 is 1.54 bits per heavy atom. The van der Waals surface area contributed by atoms with E-state index in [-0.39, 0.29) is 11.8 Å². The zero-order valence-corrected chi connectivity index (χ0v) is 16.4. The average Bonchev–Trinajstić information content (AvgIpc) is 2.73. The molecule has 2 aromatic rings. The van der Waals surface area contributed by atoms with E-state index in [0.29, 0.717) is 35.8 Å². The number of carbonyl (C=O) groups is 2. The SMILES string of the molecule is COc1ccc(NC(=O)N2CCN(c3ccc(C(C)=O)cc3)CC2)cc1OC. The molecule has 0 atom stereocenters. The quantitative estimate of drug-likeness (QED) is 0.803. The van der Waals surface area contributed by atoms with Gasteiger partial charge in [0.05, 0.1) is 14.2 Å². The molecule has 2 amide bonds. The Kier molecular flexibility index (Phi) is 6.03. The number of rotatable bonds is 5. The molecule has 1 aliphatic rings. The van der Waals surface area contributed by atoms with Gasteiger partial charge in [0.15, 0.2) is 17.3 Å². The number of hydrogen-bond acceptors (Lipinski definition) is 5. The second kappa shape index (κ2) is 8.65. The van der Waals surface area contributed by atoms with Gasteiger partial charge >= 0.3 is 6.03 Å². The molecular weight excluding hydrogens is 358 g/mol. The Balaban J connectivity index is 1.57. The fraction of sp³-hybridized carbons (Fsp3) is 0.333. The highest BCUT2D eigenvalue weighted by molar-refractivity contribution is 5.94. The highest BCUT2D eigenvalue weighted by atomic mass is 16.5. The van der Waals surface area contributed by atoms with Crippen LogP contribution in [0.2, 0.25) is 0 Å². The van der Waals surface area contributed by atoms with Crippen molar-refractivity contribution in [2.75, 3.05) is 50.6 Å². The van der Waals surface area contributed by atoms with Gasteiger partial charge in [-0.05, 0) is 43.3 Å². The van der Waals surface area contributed by atoms with Crippen molar-refractivity contribution in [3.05, 3.63) is 48.0 Å². The van der Waals surface area contributed by atoms with Crippen LogP contribution in [0.4, 0.5) is 16.2 Å². The molecule has 0 aromatic heterocycles. The van der Waals surface area contributed by atoms with Gasteiger partial charge in [-0.15, -0.1) is 0 Å². The number of Topliss-reactive ketones (excluding diaryl/α,β-unsaturated/α-hetero) is 1. The van der Waals surface area contributed by atoms with Crippen LogP contribution in [0.3, 0.4) is 0 Å². The lowest BCUT2D eigenvalue weighted by atomic mass is 10.1. The molecule has 1 aliphatic heterocycles. The molecule has 0 saturated carbocycles. The largest absolute Gasteiger partial charge is 0.493 e. The molecule has 148 valence electrons. The number of methoxy groups -OCH3 is 2. The molecule has 0 aliphatic carbocycles. The van der Waals surface area contributed by atoms with Crippen LogP contribution in [0.5, 0.6) is 11.5 Å². The second-order valence-corrected chi connectivity index (χ2v) is 6.58. The number of ether oxygens (including phenoxy) is 2. The van der Waals surface area contributed by atoms with Crippen LogP contribution in [-0.2, 0) is 0 Å². The van der Waals surface area contributed by atoms with Crippen molar-refractivity contribution in [3.8, 4) is 11.5 Å². The molecule has 0 unspecified atom stereocenters. The summed E-state index contributed by atoms with van der Waals surface area (Å²) in [6.45, 7) is 4.27. The maximum Gasteiger partial charge on any atom is 0.321 e. The molecule has 2 aromatic carbocycles. The summed E-state index contributed by atoms with van der Waals surface area (Å²) in [5.41, 5.74) is 2.42. The minimum absolute atomic E-state index is 0.0585. The molecule has 0 spiro atoms. The number of nitrogens with one attached hydrogen (secondary N) is 1. The number of ketones is 1. The molecule has 7 nitrogen and oxygen atoms in total. The summed E-state index contributed by atoms with van der Waals surface area (Å²) in [7, 11) is 3.13. The average molecular weight is 383 g/mol. The Morgan fingerprint density at radius 1 is 0.893 bits per heavy atom. The summed E-state index contributed by atoms with van der Waals surface area (Å²) in [6, 6.07) is 12.7. The zero-order valence-electron chi connectivity index (χ0n) is 16.4. The third-order valence-corrected chi connectivity index (χ3v) is 4.84. The number of carbonyl (C=O) groups excluding carboxylic acids is 2. The summed E-state index contributed by atoms with van der Waals surface area (Å²) in [6.07, 6.45) is 0. The zero-order chi connectivity index (χ0) is 20.1. The predicted octanol–water partition coefficient (Wildman–Crippen LogP) is 3.26. The Morgan fingerprint density at radius 3 is 2.11 bits per heavy atom. The lowest BCUT2D eigenvalue weighted by molar-refractivity contribution is 0.101. The van der Waals surface area contributed by atoms with Crippen molar-refractivity contribution in [2.24, 2.45) is 0 Å². The number of anilines is 2. The highest BCUT2D eigenvalue weighted by Gasteiger charge is 2.21. The first-order chi connectivity index (χ1) is 13.5. The minimum Gasteiger partial charge on any atom is -0.493 e. The number of piperazine rings is 1. The smallest absolute Gasteiger partial charge is 0.321 e. The molecule has 1 N–H and O–H groups in total. The summed E-state index contributed by atoms with van der Waals surface area (Å²) >= 11 is 0. The number of hydrogen-bond donors (Lipinski definition) is 1. The van der Waals surface area contributed by atoms with Crippen LogP contribution in [-0.4, -0.2) is 57.1 Å². The molecule has 1 saturated heterocycles. The first-order valence-corrected chi connectivity index (χ1v) is 9.15. The van der Waals surface area contributed by atoms with Crippen LogP contribution >= 0.6 is 0 Å². The molecule has 0 bridgehead atoms. The van der Waals surface area contributed by atoms with Crippen LogP contribution in [0, 0.1) is 0 Å². The number of nitrogens with zero attached hydrogens (tertiary/aromatic N) is 2. The van der Waals surface area contributed by atoms with Crippen LogP contribution in [0.25, 0.3) is 0 Å². The van der Waals surface area contributed by atoms with Gasteiger partial charge in [-0.2, -0.15) is 0 Å². The van der Waals surface area contributed by atoms with Gasteiger partial charge in [0.25, 0.3) is 0 Å². The van der Waals surface area contributed by atoms with Gasteiger partial charge < -0.3 is 24.6 Å². The molecule has 3 rings (SSSR count). The number of amides is 2. The van der Waals surface area contributed by atoms with Crippen LogP contribution < -0.4 is 19.7 Å². The fourth-order valence-electron chi connectivity index (χ4n) is 3.19. The molecule has 7 heteroatoms. The lowest BCUT2D eigenvalue weighted by Crippen LogP contribution is -2.50. The van der Waals surface area contributed by atoms with E-state index in [0.717, 1.165) is 18.8 Å². The normalized spacial score (nSPS) is 13.8. The molecule has 28 heavy (non-hydrogen) atoms. The van der Waals surface area contributed by atoms with E-state index in [1.54, 1.807) is 44.2 Å². The van der Waals surface area contributed by atoms with Crippen LogP contribution in [0.1, 0.15) is 17.3 Å². The summed E-state index contributed by atoms with van der Waals surface area (Å²) in [5, 5.41) is 2.91. The lowest BCUT2D eigenvalue weighted by Gasteiger charge is -2.36. The monoisotopic (exact) mass is 383 g/mol. The maximum atomic E-state index is 12.6. The van der Waals surface area contributed by atoms with Gasteiger partial charge in [-0.25, -0.2) is 4.79 Å². The number of urea groups is 1. The summed E-state index contributed by atoms with van der Waals surface area (Å²) < 4.78 is 10.5. The van der Waals surface area contributed by atoms with Crippen molar-refractivity contribution < 1.29 is 19.1 Å². The van der Waals surface area contributed by atoms with Gasteiger partial charge in [-0.1, -0.05) is 0 Å². The van der Waals surface area contributed by atoms with E-state index in [1.165, 1.54) is 0 Å². The van der Waals surface area contributed by atoms with Gasteiger partial charge in [0.2, 0.25) is 0 Å². The second-order valence-electron chi connectivity index (χ2n) is 6.58. The summed E-state index contributed by atoms with van der Waals surface area (Å²) in [4.78, 5) is 28.0. The summed E-state index contributed by atoms with van der Waals surface area (Å²) in [5.74, 6) is 1.24. The van der Waals surface area contributed by atoms with E-state index in [1.807, 2.05) is 24.3 Å². The first-order valence-electron chi connectivity index (χ1n) is 9.15. The van der Waals surface area contributed by atoms with Crippen molar-refractivity contribution >= 4 is 23.2 Å². The molecule has 1 heterocycles. The Hall–Kier alpha value is -3.22. The van der Waals surface area contributed by atoms with E-state index in [2.05, 4.69) is 10.2 Å². The van der Waals surface area contributed by atoms with Crippen molar-refractivity contribution in [3.63, 3.8) is 0 Å². The van der Waals surface area contributed by atoms with Gasteiger partial charge in [0, 0.05) is 49.2 Å². The van der Waals surface area contributed by atoms with Crippen molar-refractivity contribution in [1.82, 2.24) is 4.90 Å².